The number of nitrogens with one attached hydrogen (secondary N) is 1. The Morgan fingerprint density at radius 3 is 2.52 bits per heavy atom. The molecule has 1 fully saturated rings. The van der Waals surface area contributed by atoms with Gasteiger partial charge in [0.15, 0.2) is 0 Å². The molecule has 0 spiro atoms. The standard InChI is InChI=1S/C19H28N2O2/c1-5-11-21(13-14-9-10-14)17(22)15-7-6-8-16(12-15)20-18(23)19(2,3)4/h6-8,12,14H,5,9-11,13H2,1-4H3,(H,20,23). The Kier molecular flexibility index (Phi) is 5.45. The smallest absolute Gasteiger partial charge is 0.253 e. The predicted octanol–water partition coefficient (Wildman–Crippen LogP) is 3.93. The van der Waals surface area contributed by atoms with Crippen molar-refractivity contribution in [1.29, 1.82) is 0 Å². The van der Waals surface area contributed by atoms with Gasteiger partial charge in [0.25, 0.3) is 5.91 Å². The van der Waals surface area contributed by atoms with Crippen molar-refractivity contribution >= 4 is 17.5 Å². The minimum absolute atomic E-state index is 0.0505. The second-order valence-electron chi connectivity index (χ2n) is 7.48. The van der Waals surface area contributed by atoms with Crippen LogP contribution in [0.5, 0.6) is 0 Å². The van der Waals surface area contributed by atoms with Gasteiger partial charge >= 0.3 is 0 Å². The zero-order valence-electron chi connectivity index (χ0n) is 14.7. The molecule has 126 valence electrons. The highest BCUT2D eigenvalue weighted by Gasteiger charge is 2.27. The molecular formula is C19H28N2O2. The fourth-order valence-corrected chi connectivity index (χ4v) is 2.39. The van der Waals surface area contributed by atoms with E-state index in [4.69, 9.17) is 0 Å². The zero-order valence-corrected chi connectivity index (χ0v) is 14.7. The number of hydrogen-bond acceptors (Lipinski definition) is 2. The van der Waals surface area contributed by atoms with E-state index in [9.17, 15) is 9.59 Å². The minimum Gasteiger partial charge on any atom is -0.338 e. The molecular weight excluding hydrogens is 288 g/mol. The number of amides is 2. The summed E-state index contributed by atoms with van der Waals surface area (Å²) >= 11 is 0. The number of nitrogens with zero attached hydrogens (tertiary/aromatic N) is 1. The lowest BCUT2D eigenvalue weighted by atomic mass is 9.95. The fourth-order valence-electron chi connectivity index (χ4n) is 2.39. The first kappa shape index (κ1) is 17.5. The third-order valence-corrected chi connectivity index (χ3v) is 4.00. The number of carbonyl (C=O) groups excluding carboxylic acids is 2. The maximum atomic E-state index is 12.7. The number of benzene rings is 1. The Balaban J connectivity index is 2.10. The summed E-state index contributed by atoms with van der Waals surface area (Å²) in [5, 5.41) is 2.89. The summed E-state index contributed by atoms with van der Waals surface area (Å²) in [7, 11) is 0. The van der Waals surface area contributed by atoms with Crippen molar-refractivity contribution in [3.05, 3.63) is 29.8 Å². The molecule has 0 aliphatic heterocycles. The summed E-state index contributed by atoms with van der Waals surface area (Å²) in [4.78, 5) is 26.8. The van der Waals surface area contributed by atoms with Crippen LogP contribution >= 0.6 is 0 Å². The summed E-state index contributed by atoms with van der Waals surface area (Å²) in [6.07, 6.45) is 3.42. The Morgan fingerprint density at radius 2 is 1.96 bits per heavy atom. The third kappa shape index (κ3) is 5.08. The molecule has 0 bridgehead atoms. The monoisotopic (exact) mass is 316 g/mol. The van der Waals surface area contributed by atoms with Gasteiger partial charge < -0.3 is 10.2 Å². The van der Waals surface area contributed by atoms with Crippen molar-refractivity contribution < 1.29 is 9.59 Å². The van der Waals surface area contributed by atoms with Gasteiger partial charge in [-0.25, -0.2) is 0 Å². The van der Waals surface area contributed by atoms with Crippen molar-refractivity contribution in [2.75, 3.05) is 18.4 Å². The lowest BCUT2D eigenvalue weighted by Gasteiger charge is -2.23. The molecule has 0 unspecified atom stereocenters. The van der Waals surface area contributed by atoms with Gasteiger partial charge in [-0.05, 0) is 43.4 Å². The van der Waals surface area contributed by atoms with Crippen LogP contribution in [0.15, 0.2) is 24.3 Å². The Bertz CT molecular complexity index is 571. The van der Waals surface area contributed by atoms with E-state index in [1.165, 1.54) is 12.8 Å². The van der Waals surface area contributed by atoms with Gasteiger partial charge in [0.1, 0.15) is 0 Å². The van der Waals surface area contributed by atoms with Gasteiger partial charge in [-0.2, -0.15) is 0 Å². The fraction of sp³-hybridized carbons (Fsp3) is 0.579. The SMILES string of the molecule is CCCN(CC1CC1)C(=O)c1cccc(NC(=O)C(C)(C)C)c1. The largest absolute Gasteiger partial charge is 0.338 e. The molecule has 1 aliphatic rings. The van der Waals surface area contributed by atoms with Crippen molar-refractivity contribution in [2.45, 2.75) is 47.0 Å². The molecule has 1 aromatic rings. The van der Waals surface area contributed by atoms with E-state index in [2.05, 4.69) is 12.2 Å². The van der Waals surface area contributed by atoms with E-state index in [1.54, 1.807) is 6.07 Å². The molecule has 23 heavy (non-hydrogen) atoms. The van der Waals surface area contributed by atoms with Crippen LogP contribution in [-0.2, 0) is 4.79 Å². The molecule has 1 N–H and O–H groups in total. The van der Waals surface area contributed by atoms with Crippen LogP contribution in [0, 0.1) is 11.3 Å². The molecule has 1 saturated carbocycles. The first-order valence-electron chi connectivity index (χ1n) is 8.52. The van der Waals surface area contributed by atoms with Gasteiger partial charge in [0, 0.05) is 29.8 Å². The highest BCUT2D eigenvalue weighted by Crippen LogP contribution is 2.30. The summed E-state index contributed by atoms with van der Waals surface area (Å²) < 4.78 is 0. The van der Waals surface area contributed by atoms with Crippen LogP contribution in [-0.4, -0.2) is 29.8 Å². The number of hydrogen-bond donors (Lipinski definition) is 1. The highest BCUT2D eigenvalue weighted by molar-refractivity contribution is 5.98. The van der Waals surface area contributed by atoms with Gasteiger partial charge in [-0.3, -0.25) is 9.59 Å². The van der Waals surface area contributed by atoms with E-state index < -0.39 is 5.41 Å². The molecule has 2 amide bonds. The molecule has 0 atom stereocenters. The lowest BCUT2D eigenvalue weighted by Crippen LogP contribution is -2.33. The quantitative estimate of drug-likeness (QED) is 0.864. The molecule has 2 rings (SSSR count). The van der Waals surface area contributed by atoms with Crippen molar-refractivity contribution in [1.82, 2.24) is 4.90 Å². The van der Waals surface area contributed by atoms with Crippen molar-refractivity contribution in [3.8, 4) is 0 Å². The van der Waals surface area contributed by atoms with Crippen molar-refractivity contribution in [3.63, 3.8) is 0 Å². The van der Waals surface area contributed by atoms with Crippen molar-refractivity contribution in [2.24, 2.45) is 11.3 Å². The predicted molar refractivity (Wildman–Crippen MR) is 93.4 cm³/mol. The first-order valence-corrected chi connectivity index (χ1v) is 8.52. The molecule has 4 heteroatoms. The lowest BCUT2D eigenvalue weighted by molar-refractivity contribution is -0.123. The van der Waals surface area contributed by atoms with E-state index in [0.29, 0.717) is 17.2 Å². The number of rotatable bonds is 6. The van der Waals surface area contributed by atoms with Crippen LogP contribution in [0.4, 0.5) is 5.69 Å². The van der Waals surface area contributed by atoms with Gasteiger partial charge in [-0.1, -0.05) is 33.8 Å². The summed E-state index contributed by atoms with van der Waals surface area (Å²) in [6, 6.07) is 7.25. The van der Waals surface area contributed by atoms with Crippen LogP contribution in [0.1, 0.15) is 57.3 Å². The minimum atomic E-state index is -0.458. The summed E-state index contributed by atoms with van der Waals surface area (Å²) in [6.45, 7) is 9.34. The molecule has 1 aliphatic carbocycles. The maximum Gasteiger partial charge on any atom is 0.253 e. The van der Waals surface area contributed by atoms with Crippen LogP contribution < -0.4 is 5.32 Å². The van der Waals surface area contributed by atoms with Crippen LogP contribution in [0.2, 0.25) is 0 Å². The summed E-state index contributed by atoms with van der Waals surface area (Å²) in [5.41, 5.74) is 0.865. The molecule has 0 radical (unpaired) electrons. The normalized spacial score (nSPS) is 14.4. The summed E-state index contributed by atoms with van der Waals surface area (Å²) in [5.74, 6) is 0.686. The second kappa shape index (κ2) is 7.16. The molecule has 0 saturated heterocycles. The average molecular weight is 316 g/mol. The number of anilines is 1. The van der Waals surface area contributed by atoms with Crippen LogP contribution in [0.25, 0.3) is 0 Å². The van der Waals surface area contributed by atoms with Gasteiger partial charge in [-0.15, -0.1) is 0 Å². The Hall–Kier alpha value is -1.84. The van der Waals surface area contributed by atoms with E-state index in [0.717, 1.165) is 19.5 Å². The van der Waals surface area contributed by atoms with Gasteiger partial charge in [0.05, 0.1) is 0 Å². The van der Waals surface area contributed by atoms with Crippen LogP contribution in [0.3, 0.4) is 0 Å². The second-order valence-corrected chi connectivity index (χ2v) is 7.48. The first-order chi connectivity index (χ1) is 10.8. The number of carbonyl (C=O) groups is 2. The average Bonchev–Trinajstić information content (AvgIpc) is 3.29. The molecule has 1 aromatic carbocycles. The maximum absolute atomic E-state index is 12.7. The van der Waals surface area contributed by atoms with E-state index in [-0.39, 0.29) is 11.8 Å². The highest BCUT2D eigenvalue weighted by atomic mass is 16.2. The van der Waals surface area contributed by atoms with E-state index in [1.807, 2.05) is 43.9 Å². The van der Waals surface area contributed by atoms with Gasteiger partial charge in [0.2, 0.25) is 5.91 Å². The molecule has 0 heterocycles. The third-order valence-electron chi connectivity index (χ3n) is 4.00. The molecule has 4 nitrogen and oxygen atoms in total. The Labute approximate surface area is 139 Å². The topological polar surface area (TPSA) is 49.4 Å². The zero-order chi connectivity index (χ0) is 17.0. The Morgan fingerprint density at radius 1 is 1.26 bits per heavy atom. The molecule has 0 aromatic heterocycles. The van der Waals surface area contributed by atoms with E-state index >= 15 is 0 Å².